The molecule has 4 rings (SSSR count). The molecular formula is C23H21ClN6O. The van der Waals surface area contributed by atoms with E-state index >= 15 is 0 Å². The van der Waals surface area contributed by atoms with Crippen molar-refractivity contribution in [2.45, 2.75) is 19.8 Å². The SMILES string of the molecule is Cc1c(N2CCCC2)ccc(C=NNc2nc(-c3ccccc3)c(C#N)c(=O)[nH]2)c1Cl. The molecule has 0 amide bonds. The third kappa shape index (κ3) is 4.30. The zero-order chi connectivity index (χ0) is 21.8. The van der Waals surface area contributed by atoms with E-state index in [2.05, 4.69) is 31.5 Å². The smallest absolute Gasteiger partial charge is 0.270 e. The maximum atomic E-state index is 12.3. The lowest BCUT2D eigenvalue weighted by Gasteiger charge is -2.21. The van der Waals surface area contributed by atoms with Crippen molar-refractivity contribution in [3.63, 3.8) is 0 Å². The number of halogens is 1. The number of hydrazone groups is 1. The van der Waals surface area contributed by atoms with Gasteiger partial charge in [-0.2, -0.15) is 10.4 Å². The van der Waals surface area contributed by atoms with Gasteiger partial charge < -0.3 is 4.90 Å². The minimum absolute atomic E-state index is 0.0445. The highest BCUT2D eigenvalue weighted by Crippen LogP contribution is 2.31. The zero-order valence-electron chi connectivity index (χ0n) is 17.0. The van der Waals surface area contributed by atoms with Crippen molar-refractivity contribution in [3.8, 4) is 17.3 Å². The molecule has 1 aromatic heterocycles. The van der Waals surface area contributed by atoms with Crippen molar-refractivity contribution in [2.75, 3.05) is 23.4 Å². The Bertz CT molecular complexity index is 1220. The fraction of sp³-hybridized carbons (Fsp3) is 0.217. The molecule has 2 heterocycles. The molecule has 0 spiro atoms. The fourth-order valence-corrected chi connectivity index (χ4v) is 3.90. The maximum absolute atomic E-state index is 12.3. The zero-order valence-corrected chi connectivity index (χ0v) is 17.8. The van der Waals surface area contributed by atoms with Crippen LogP contribution < -0.4 is 15.9 Å². The summed E-state index contributed by atoms with van der Waals surface area (Å²) in [6, 6.07) is 15.0. The van der Waals surface area contributed by atoms with Gasteiger partial charge in [0.25, 0.3) is 5.56 Å². The molecule has 0 aliphatic carbocycles. The van der Waals surface area contributed by atoms with Crippen LogP contribution in [0.2, 0.25) is 5.02 Å². The Kier molecular flexibility index (Phi) is 6.01. The molecule has 7 nitrogen and oxygen atoms in total. The quantitative estimate of drug-likeness (QED) is 0.462. The first kappa shape index (κ1) is 20.6. The summed E-state index contributed by atoms with van der Waals surface area (Å²) < 4.78 is 0. The first-order valence-corrected chi connectivity index (χ1v) is 10.4. The van der Waals surface area contributed by atoms with E-state index in [1.807, 2.05) is 37.3 Å². The highest BCUT2D eigenvalue weighted by Gasteiger charge is 2.17. The Morgan fingerprint density at radius 2 is 1.97 bits per heavy atom. The number of rotatable bonds is 5. The van der Waals surface area contributed by atoms with Crippen LogP contribution in [0.4, 0.5) is 11.6 Å². The molecule has 1 aliphatic heterocycles. The monoisotopic (exact) mass is 432 g/mol. The lowest BCUT2D eigenvalue weighted by molar-refractivity contribution is 0.949. The minimum atomic E-state index is -0.530. The number of nitrogens with one attached hydrogen (secondary N) is 2. The average molecular weight is 433 g/mol. The fourth-order valence-electron chi connectivity index (χ4n) is 3.69. The molecule has 31 heavy (non-hydrogen) atoms. The van der Waals surface area contributed by atoms with Gasteiger partial charge in [0, 0.05) is 29.9 Å². The first-order chi connectivity index (χ1) is 15.1. The summed E-state index contributed by atoms with van der Waals surface area (Å²) in [5.41, 5.74) is 6.06. The number of anilines is 2. The van der Waals surface area contributed by atoms with E-state index in [1.54, 1.807) is 18.3 Å². The van der Waals surface area contributed by atoms with Crippen molar-refractivity contribution in [2.24, 2.45) is 5.10 Å². The molecule has 0 saturated carbocycles. The summed E-state index contributed by atoms with van der Waals surface area (Å²) in [4.78, 5) is 21.6. The van der Waals surface area contributed by atoms with Crippen LogP contribution in [0.5, 0.6) is 0 Å². The number of nitrogens with zero attached hydrogens (tertiary/aromatic N) is 4. The Labute approximate surface area is 185 Å². The predicted octanol–water partition coefficient (Wildman–Crippen LogP) is 4.32. The summed E-state index contributed by atoms with van der Waals surface area (Å²) >= 11 is 6.57. The molecule has 1 aliphatic rings. The topological polar surface area (TPSA) is 97.2 Å². The third-order valence-corrected chi connectivity index (χ3v) is 5.79. The Hall–Kier alpha value is -3.63. The molecule has 156 valence electrons. The van der Waals surface area contributed by atoms with Gasteiger partial charge in [-0.25, -0.2) is 10.4 Å². The molecule has 8 heteroatoms. The highest BCUT2D eigenvalue weighted by atomic mass is 35.5. The van der Waals surface area contributed by atoms with Crippen molar-refractivity contribution in [3.05, 3.63) is 74.5 Å². The normalized spacial score (nSPS) is 13.5. The van der Waals surface area contributed by atoms with Gasteiger partial charge in [-0.3, -0.25) is 9.78 Å². The minimum Gasteiger partial charge on any atom is -0.371 e. The van der Waals surface area contributed by atoms with Crippen LogP contribution >= 0.6 is 11.6 Å². The van der Waals surface area contributed by atoms with Gasteiger partial charge in [-0.1, -0.05) is 41.9 Å². The Morgan fingerprint density at radius 1 is 1.23 bits per heavy atom. The second-order valence-corrected chi connectivity index (χ2v) is 7.67. The van der Waals surface area contributed by atoms with Gasteiger partial charge in [0.15, 0.2) is 0 Å². The number of benzene rings is 2. The number of nitriles is 1. The second kappa shape index (κ2) is 9.02. The Balaban J connectivity index is 1.58. The number of H-pyrrole nitrogens is 1. The number of aromatic amines is 1. The predicted molar refractivity (Wildman–Crippen MR) is 124 cm³/mol. The van der Waals surface area contributed by atoms with Crippen molar-refractivity contribution in [1.29, 1.82) is 5.26 Å². The van der Waals surface area contributed by atoms with Crippen LogP contribution in [0.3, 0.4) is 0 Å². The van der Waals surface area contributed by atoms with E-state index in [-0.39, 0.29) is 11.5 Å². The van der Waals surface area contributed by atoms with Gasteiger partial charge in [0.1, 0.15) is 11.6 Å². The van der Waals surface area contributed by atoms with E-state index in [0.717, 1.165) is 29.9 Å². The number of aromatic nitrogens is 2. The highest BCUT2D eigenvalue weighted by molar-refractivity contribution is 6.34. The van der Waals surface area contributed by atoms with Crippen LogP contribution in [0.1, 0.15) is 29.5 Å². The molecule has 0 atom stereocenters. The summed E-state index contributed by atoms with van der Waals surface area (Å²) in [7, 11) is 0. The number of hydrogen-bond acceptors (Lipinski definition) is 6. The molecule has 1 saturated heterocycles. The van der Waals surface area contributed by atoms with Gasteiger partial charge >= 0.3 is 0 Å². The van der Waals surface area contributed by atoms with Crippen LogP contribution in [-0.2, 0) is 0 Å². The van der Waals surface area contributed by atoms with Crippen molar-refractivity contribution >= 4 is 29.5 Å². The summed E-state index contributed by atoms with van der Waals surface area (Å²) in [5, 5.41) is 14.2. The van der Waals surface area contributed by atoms with E-state index < -0.39 is 5.56 Å². The largest absolute Gasteiger partial charge is 0.371 e. The molecule has 0 bridgehead atoms. The van der Waals surface area contributed by atoms with Gasteiger partial charge in [0.05, 0.1) is 16.9 Å². The summed E-state index contributed by atoms with van der Waals surface area (Å²) in [6.07, 6.45) is 3.99. The third-order valence-electron chi connectivity index (χ3n) is 5.29. The molecule has 0 unspecified atom stereocenters. The van der Waals surface area contributed by atoms with E-state index in [4.69, 9.17) is 11.6 Å². The van der Waals surface area contributed by atoms with Crippen LogP contribution in [0.25, 0.3) is 11.3 Å². The van der Waals surface area contributed by atoms with Crippen LogP contribution in [0.15, 0.2) is 52.4 Å². The van der Waals surface area contributed by atoms with Gasteiger partial charge in [0.2, 0.25) is 5.95 Å². The van der Waals surface area contributed by atoms with E-state index in [1.165, 1.54) is 12.8 Å². The second-order valence-electron chi connectivity index (χ2n) is 7.29. The van der Waals surface area contributed by atoms with E-state index in [0.29, 0.717) is 16.3 Å². The van der Waals surface area contributed by atoms with E-state index in [9.17, 15) is 10.1 Å². The lowest BCUT2D eigenvalue weighted by Crippen LogP contribution is -2.19. The van der Waals surface area contributed by atoms with Crippen molar-refractivity contribution < 1.29 is 0 Å². The Morgan fingerprint density at radius 3 is 2.68 bits per heavy atom. The first-order valence-electron chi connectivity index (χ1n) is 10.0. The van der Waals surface area contributed by atoms with Crippen LogP contribution in [0, 0.1) is 18.3 Å². The molecule has 2 N–H and O–H groups in total. The molecule has 2 aromatic carbocycles. The standard InChI is InChI=1S/C23H21ClN6O/c1-15-19(30-11-5-6-12-30)10-9-17(20(15)24)14-26-29-23-27-21(16-7-3-2-4-8-16)18(13-25)22(31)28-23/h2-4,7-10,14H,5-6,11-12H2,1H3,(H2,27,28,29,31). The van der Waals surface area contributed by atoms with Crippen molar-refractivity contribution in [1.82, 2.24) is 9.97 Å². The lowest BCUT2D eigenvalue weighted by atomic mass is 10.1. The molecule has 3 aromatic rings. The number of hydrogen-bond donors (Lipinski definition) is 2. The van der Waals surface area contributed by atoms with Gasteiger partial charge in [-0.05, 0) is 37.5 Å². The summed E-state index contributed by atoms with van der Waals surface area (Å²) in [5.74, 6) is 0.139. The van der Waals surface area contributed by atoms with Crippen LogP contribution in [-0.4, -0.2) is 29.3 Å². The molecule has 0 radical (unpaired) electrons. The molecule has 1 fully saturated rings. The van der Waals surface area contributed by atoms with Gasteiger partial charge in [-0.15, -0.1) is 0 Å². The summed E-state index contributed by atoms with van der Waals surface area (Å²) in [6.45, 7) is 4.10. The maximum Gasteiger partial charge on any atom is 0.270 e. The molecular weight excluding hydrogens is 412 g/mol. The average Bonchev–Trinajstić information content (AvgIpc) is 3.31.